The van der Waals surface area contributed by atoms with Crippen molar-refractivity contribution < 1.29 is 51.8 Å². The lowest BCUT2D eigenvalue weighted by Gasteiger charge is -2.41. The SMILES string of the molecule is CCCCCCCC/C=C\C/C=C\CCC(=O)NC(COC1OC(CO)C(O)C(OS(=O)(=O)O)C1O)C(O)/C=C/CCCCCCCCCCCCCCCCCCCCCC. The molecule has 0 spiro atoms. The van der Waals surface area contributed by atoms with E-state index in [0.29, 0.717) is 6.42 Å². The number of unbranched alkanes of at least 4 members (excludes halogenated alkanes) is 26. The highest BCUT2D eigenvalue weighted by atomic mass is 32.3. The van der Waals surface area contributed by atoms with Gasteiger partial charge in [0, 0.05) is 6.42 Å². The quantitative estimate of drug-likeness (QED) is 0.0194. The fourth-order valence-electron chi connectivity index (χ4n) is 7.80. The summed E-state index contributed by atoms with van der Waals surface area (Å²) in [6, 6.07) is -0.973. The highest BCUT2D eigenvalue weighted by molar-refractivity contribution is 7.80. The van der Waals surface area contributed by atoms with Gasteiger partial charge in [0.05, 0.1) is 25.4 Å². The molecule has 1 heterocycles. The Labute approximate surface area is 377 Å². The summed E-state index contributed by atoms with van der Waals surface area (Å²) < 4.78 is 47.6. The van der Waals surface area contributed by atoms with Gasteiger partial charge in [0.15, 0.2) is 6.29 Å². The predicted octanol–water partition coefficient (Wildman–Crippen LogP) is 10.3. The molecule has 13 heteroatoms. The summed E-state index contributed by atoms with van der Waals surface area (Å²) in [7, 11) is -5.09. The first kappa shape index (κ1) is 58.3. The summed E-state index contributed by atoms with van der Waals surface area (Å²) in [6.45, 7) is 3.35. The number of allylic oxidation sites excluding steroid dienone is 5. The second kappa shape index (κ2) is 39.7. The van der Waals surface area contributed by atoms with E-state index in [-0.39, 0.29) is 18.9 Å². The Balaban J connectivity index is 2.48. The first-order valence-electron chi connectivity index (χ1n) is 24.9. The minimum atomic E-state index is -5.09. The molecule has 7 unspecified atom stereocenters. The average Bonchev–Trinajstić information content (AvgIpc) is 3.24. The van der Waals surface area contributed by atoms with Crippen molar-refractivity contribution in [2.24, 2.45) is 0 Å². The van der Waals surface area contributed by atoms with Gasteiger partial charge in [0.1, 0.15) is 24.4 Å². The summed E-state index contributed by atoms with van der Waals surface area (Å²) in [5.41, 5.74) is 0. The first-order valence-corrected chi connectivity index (χ1v) is 26.2. The van der Waals surface area contributed by atoms with Crippen LogP contribution in [0.3, 0.4) is 0 Å². The largest absolute Gasteiger partial charge is 0.397 e. The molecular weight excluding hydrogens is 811 g/mol. The van der Waals surface area contributed by atoms with Crippen LogP contribution in [0.15, 0.2) is 36.5 Å². The van der Waals surface area contributed by atoms with Gasteiger partial charge in [0.2, 0.25) is 5.91 Å². The summed E-state index contributed by atoms with van der Waals surface area (Å²) in [5.74, 6) is -0.329. The fraction of sp³-hybridized carbons (Fsp3) is 0.857. The van der Waals surface area contributed by atoms with Crippen LogP contribution in [0.25, 0.3) is 0 Å². The molecule has 0 aromatic carbocycles. The Morgan fingerprint density at radius 2 is 1.08 bits per heavy atom. The lowest BCUT2D eigenvalue weighted by atomic mass is 9.99. The summed E-state index contributed by atoms with van der Waals surface area (Å²) in [5, 5.41) is 44.7. The lowest BCUT2D eigenvalue weighted by Crippen LogP contribution is -2.61. The Morgan fingerprint density at radius 3 is 1.53 bits per heavy atom. The molecule has 0 radical (unpaired) electrons. The van der Waals surface area contributed by atoms with Crippen LogP contribution in [-0.4, -0.2) is 95.4 Å². The van der Waals surface area contributed by atoms with Gasteiger partial charge in [-0.25, -0.2) is 4.18 Å². The van der Waals surface area contributed by atoms with E-state index in [9.17, 15) is 38.2 Å². The second-order valence-corrected chi connectivity index (χ2v) is 18.4. The van der Waals surface area contributed by atoms with E-state index in [4.69, 9.17) is 9.47 Å². The van der Waals surface area contributed by atoms with Crippen molar-refractivity contribution in [3.8, 4) is 0 Å². The topological polar surface area (TPSA) is 192 Å². The van der Waals surface area contributed by atoms with Crippen molar-refractivity contribution in [1.29, 1.82) is 0 Å². The Morgan fingerprint density at radius 1 is 0.645 bits per heavy atom. The van der Waals surface area contributed by atoms with Crippen LogP contribution in [-0.2, 0) is 28.9 Å². The summed E-state index contributed by atoms with van der Waals surface area (Å²) in [4.78, 5) is 13.0. The maximum Gasteiger partial charge on any atom is 0.397 e. The van der Waals surface area contributed by atoms with Crippen LogP contribution in [0.5, 0.6) is 0 Å². The molecule has 0 aromatic rings. The third-order valence-electron chi connectivity index (χ3n) is 11.7. The number of rotatable bonds is 42. The summed E-state index contributed by atoms with van der Waals surface area (Å²) >= 11 is 0. The summed E-state index contributed by atoms with van der Waals surface area (Å²) in [6.07, 6.45) is 39.2. The molecule has 7 atom stereocenters. The van der Waals surface area contributed by atoms with Crippen molar-refractivity contribution in [3.63, 3.8) is 0 Å². The van der Waals surface area contributed by atoms with Crippen molar-refractivity contribution in [1.82, 2.24) is 5.32 Å². The van der Waals surface area contributed by atoms with Crippen molar-refractivity contribution in [3.05, 3.63) is 36.5 Å². The highest BCUT2D eigenvalue weighted by Crippen LogP contribution is 2.26. The predicted molar refractivity (Wildman–Crippen MR) is 250 cm³/mol. The molecule has 1 aliphatic rings. The molecule has 0 bridgehead atoms. The van der Waals surface area contributed by atoms with Crippen LogP contribution in [0, 0.1) is 0 Å². The monoisotopic (exact) mass is 902 g/mol. The average molecular weight is 902 g/mol. The third kappa shape index (κ3) is 32.1. The molecule has 1 saturated heterocycles. The number of amides is 1. The van der Waals surface area contributed by atoms with E-state index in [2.05, 4.69) is 35.5 Å². The van der Waals surface area contributed by atoms with E-state index in [1.807, 2.05) is 18.2 Å². The minimum Gasteiger partial charge on any atom is -0.394 e. The second-order valence-electron chi connectivity index (χ2n) is 17.4. The normalized spacial score (nSPS) is 20.8. The molecule has 6 N–H and O–H groups in total. The number of aliphatic hydroxyl groups excluding tert-OH is 4. The highest BCUT2D eigenvalue weighted by Gasteiger charge is 2.48. The third-order valence-corrected chi connectivity index (χ3v) is 12.1. The number of aliphatic hydroxyl groups is 4. The molecule has 0 saturated carbocycles. The van der Waals surface area contributed by atoms with Crippen LogP contribution in [0.4, 0.5) is 0 Å². The number of carbonyl (C=O) groups is 1. The Kier molecular flexibility index (Phi) is 37.3. The van der Waals surface area contributed by atoms with Crippen LogP contribution in [0.2, 0.25) is 0 Å². The fourth-order valence-corrected chi connectivity index (χ4v) is 8.31. The van der Waals surface area contributed by atoms with Crippen LogP contribution < -0.4 is 5.32 Å². The molecule has 0 aromatic heterocycles. The van der Waals surface area contributed by atoms with E-state index >= 15 is 0 Å². The molecule has 0 aliphatic carbocycles. The number of hydrogen-bond donors (Lipinski definition) is 6. The van der Waals surface area contributed by atoms with Gasteiger partial charge in [-0.3, -0.25) is 9.35 Å². The van der Waals surface area contributed by atoms with Gasteiger partial charge >= 0.3 is 10.4 Å². The maximum absolute atomic E-state index is 13.0. The standard InChI is InChI=1S/C49H91NO11S/c1-3-5-7-9-11-13-15-17-18-19-20-21-22-23-24-25-27-28-30-32-34-36-38-43(52)42(41-59-49-47(55)48(61-62(56,57)58)46(54)44(40-51)60-49)50-45(53)39-37-35-33-31-29-26-16-14-12-10-8-6-4-2/h26,29,33,35-36,38,42-44,46-49,51-52,54-55H,3-25,27-28,30-32,34,37,39-41H2,1-2H3,(H,50,53)(H,56,57,58)/b29-26-,35-33-,38-36+. The van der Waals surface area contributed by atoms with E-state index in [1.165, 1.54) is 154 Å². The van der Waals surface area contributed by atoms with Crippen molar-refractivity contribution in [2.75, 3.05) is 13.2 Å². The van der Waals surface area contributed by atoms with Gasteiger partial charge in [-0.1, -0.05) is 204 Å². The Bertz CT molecular complexity index is 1250. The van der Waals surface area contributed by atoms with Crippen LogP contribution >= 0.6 is 0 Å². The maximum atomic E-state index is 13.0. The van der Waals surface area contributed by atoms with Crippen LogP contribution in [0.1, 0.15) is 213 Å². The molecule has 62 heavy (non-hydrogen) atoms. The number of ether oxygens (including phenoxy) is 2. The lowest BCUT2D eigenvalue weighted by molar-refractivity contribution is -0.298. The van der Waals surface area contributed by atoms with E-state index < -0.39 is 59.9 Å². The number of carbonyl (C=O) groups excluding carboxylic acids is 1. The molecule has 1 rings (SSSR count). The zero-order valence-electron chi connectivity index (χ0n) is 38.9. The molecular formula is C49H91NO11S. The van der Waals surface area contributed by atoms with Gasteiger partial charge in [-0.2, -0.15) is 8.42 Å². The zero-order valence-corrected chi connectivity index (χ0v) is 39.8. The van der Waals surface area contributed by atoms with Gasteiger partial charge < -0.3 is 35.2 Å². The molecule has 12 nitrogen and oxygen atoms in total. The molecule has 1 amide bonds. The molecule has 364 valence electrons. The van der Waals surface area contributed by atoms with Crippen molar-refractivity contribution >= 4 is 16.3 Å². The first-order chi connectivity index (χ1) is 30.0. The minimum absolute atomic E-state index is 0.163. The smallest absolute Gasteiger partial charge is 0.394 e. The molecule has 1 aliphatic heterocycles. The number of nitrogens with one attached hydrogen (secondary N) is 1. The zero-order chi connectivity index (χ0) is 45.5. The Hall–Kier alpha value is -1.68. The van der Waals surface area contributed by atoms with Gasteiger partial charge in [-0.05, 0) is 38.5 Å². The number of hydrogen-bond acceptors (Lipinski definition) is 10. The van der Waals surface area contributed by atoms with Gasteiger partial charge in [-0.15, -0.1) is 0 Å². The van der Waals surface area contributed by atoms with Gasteiger partial charge in [0.25, 0.3) is 0 Å². The van der Waals surface area contributed by atoms with E-state index in [1.54, 1.807) is 6.08 Å². The van der Waals surface area contributed by atoms with Crippen molar-refractivity contribution in [2.45, 2.75) is 256 Å². The van der Waals surface area contributed by atoms with E-state index in [0.717, 1.165) is 32.1 Å². The molecule has 1 fully saturated rings.